The minimum Gasteiger partial charge on any atom is -0.370 e. The van der Waals surface area contributed by atoms with E-state index in [1.807, 2.05) is 0 Å². The third-order valence-electron chi connectivity index (χ3n) is 3.77. The fraction of sp³-hybridized carbons (Fsp3) is 0.562. The van der Waals surface area contributed by atoms with Crippen molar-refractivity contribution in [3.63, 3.8) is 0 Å². The van der Waals surface area contributed by atoms with E-state index in [1.54, 1.807) is 19.2 Å². The number of halogens is 1. The van der Waals surface area contributed by atoms with Crippen LogP contribution in [0.1, 0.15) is 26.2 Å². The van der Waals surface area contributed by atoms with Gasteiger partial charge in [-0.25, -0.2) is 9.18 Å². The van der Waals surface area contributed by atoms with Crippen LogP contribution in [0.3, 0.4) is 0 Å². The van der Waals surface area contributed by atoms with E-state index in [0.717, 1.165) is 31.6 Å². The second-order valence-electron chi connectivity index (χ2n) is 5.95. The Balaban J connectivity index is 2.07. The average molecular weight is 341 g/mol. The summed E-state index contributed by atoms with van der Waals surface area (Å²) in [6, 6.07) is 3.84. The van der Waals surface area contributed by atoms with Crippen molar-refractivity contribution >= 4 is 28.2 Å². The molecule has 1 fully saturated rings. The molecule has 1 aliphatic rings. The molecule has 23 heavy (non-hydrogen) atoms. The van der Waals surface area contributed by atoms with Gasteiger partial charge in [0.2, 0.25) is 0 Å². The summed E-state index contributed by atoms with van der Waals surface area (Å²) in [5, 5.41) is 5.45. The number of anilines is 2. The van der Waals surface area contributed by atoms with Crippen LogP contribution in [0.15, 0.2) is 18.2 Å². The summed E-state index contributed by atoms with van der Waals surface area (Å²) in [7, 11) is -0.981. The highest BCUT2D eigenvalue weighted by Gasteiger charge is 2.17. The normalized spacial score (nSPS) is 17.4. The van der Waals surface area contributed by atoms with Crippen molar-refractivity contribution < 1.29 is 13.4 Å². The first kappa shape index (κ1) is 17.7. The molecule has 2 rings (SSSR count). The molecule has 0 unspecified atom stereocenters. The van der Waals surface area contributed by atoms with Crippen molar-refractivity contribution in [2.45, 2.75) is 32.2 Å². The fourth-order valence-electron chi connectivity index (χ4n) is 2.79. The van der Waals surface area contributed by atoms with Gasteiger partial charge >= 0.3 is 6.03 Å². The molecule has 0 spiro atoms. The number of rotatable bonds is 5. The highest BCUT2D eigenvalue weighted by Crippen LogP contribution is 2.29. The van der Waals surface area contributed by atoms with Gasteiger partial charge in [0, 0.05) is 41.9 Å². The van der Waals surface area contributed by atoms with E-state index in [1.165, 1.54) is 18.6 Å². The van der Waals surface area contributed by atoms with E-state index in [4.69, 9.17) is 0 Å². The SMILES string of the molecule is C[C@@H](C[S@](C)=O)NC(=O)Nc1cc(F)ccc1N1CCCCC1. The molecule has 0 aromatic heterocycles. The monoisotopic (exact) mass is 341 g/mol. The zero-order chi connectivity index (χ0) is 16.8. The standard InChI is InChI=1S/C16H24FN3O2S/c1-12(11-23(2)22)18-16(21)19-14-10-13(17)6-7-15(14)20-8-4-3-5-9-20/h6-7,10,12H,3-5,8-9,11H2,1-2H3,(H2,18,19,21)/t12-,23-/m0/s1. The minimum absolute atomic E-state index is 0.215. The van der Waals surface area contributed by atoms with Crippen molar-refractivity contribution in [3.8, 4) is 0 Å². The van der Waals surface area contributed by atoms with E-state index in [0.29, 0.717) is 11.4 Å². The van der Waals surface area contributed by atoms with Crippen LogP contribution in [-0.4, -0.2) is 41.4 Å². The Labute approximate surface area is 139 Å². The largest absolute Gasteiger partial charge is 0.370 e. The number of nitrogens with zero attached hydrogens (tertiary/aromatic N) is 1. The van der Waals surface area contributed by atoms with Crippen molar-refractivity contribution in [3.05, 3.63) is 24.0 Å². The van der Waals surface area contributed by atoms with Gasteiger partial charge < -0.3 is 15.5 Å². The second-order valence-corrected chi connectivity index (χ2v) is 7.43. The summed E-state index contributed by atoms with van der Waals surface area (Å²) in [5.41, 5.74) is 1.31. The van der Waals surface area contributed by atoms with Crippen molar-refractivity contribution in [1.29, 1.82) is 0 Å². The molecule has 0 aliphatic carbocycles. The summed E-state index contributed by atoms with van der Waals surface area (Å²) in [4.78, 5) is 14.3. The quantitative estimate of drug-likeness (QED) is 0.866. The summed E-state index contributed by atoms with van der Waals surface area (Å²) in [6.45, 7) is 3.61. The van der Waals surface area contributed by atoms with Gasteiger partial charge in [0.15, 0.2) is 0 Å². The number of nitrogens with one attached hydrogen (secondary N) is 2. The molecule has 7 heteroatoms. The smallest absolute Gasteiger partial charge is 0.319 e. The van der Waals surface area contributed by atoms with Gasteiger partial charge in [-0.2, -0.15) is 0 Å². The van der Waals surface area contributed by atoms with Gasteiger partial charge in [0.1, 0.15) is 5.82 Å². The highest BCUT2D eigenvalue weighted by atomic mass is 32.2. The molecule has 2 atom stereocenters. The van der Waals surface area contributed by atoms with E-state index in [2.05, 4.69) is 15.5 Å². The molecular weight excluding hydrogens is 317 g/mol. The number of carbonyl (C=O) groups excluding carboxylic acids is 1. The molecule has 5 nitrogen and oxygen atoms in total. The summed E-state index contributed by atoms with van der Waals surface area (Å²) >= 11 is 0. The lowest BCUT2D eigenvalue weighted by Crippen LogP contribution is -2.39. The average Bonchev–Trinajstić information content (AvgIpc) is 2.47. The topological polar surface area (TPSA) is 61.4 Å². The van der Waals surface area contributed by atoms with Crippen LogP contribution in [0.25, 0.3) is 0 Å². The first-order valence-corrected chi connectivity index (χ1v) is 9.60. The molecule has 0 radical (unpaired) electrons. The number of hydrogen-bond donors (Lipinski definition) is 2. The Morgan fingerprint density at radius 2 is 2.04 bits per heavy atom. The third kappa shape index (κ3) is 5.49. The number of hydrogen-bond acceptors (Lipinski definition) is 3. The Morgan fingerprint density at radius 3 is 2.70 bits per heavy atom. The lowest BCUT2D eigenvalue weighted by Gasteiger charge is -2.30. The minimum atomic E-state index is -0.981. The Bertz CT molecular complexity index is 576. The lowest BCUT2D eigenvalue weighted by atomic mass is 10.1. The molecule has 2 amide bonds. The molecule has 0 saturated carbocycles. The van der Waals surface area contributed by atoms with Crippen molar-refractivity contribution in [1.82, 2.24) is 5.32 Å². The lowest BCUT2D eigenvalue weighted by molar-refractivity contribution is 0.250. The maximum absolute atomic E-state index is 13.6. The van der Waals surface area contributed by atoms with Crippen LogP contribution in [0.2, 0.25) is 0 Å². The van der Waals surface area contributed by atoms with Crippen LogP contribution in [0, 0.1) is 5.82 Å². The van der Waals surface area contributed by atoms with Crippen molar-refractivity contribution in [2.24, 2.45) is 0 Å². The van der Waals surface area contributed by atoms with Gasteiger partial charge in [-0.15, -0.1) is 0 Å². The van der Waals surface area contributed by atoms with Crippen LogP contribution >= 0.6 is 0 Å². The number of benzene rings is 1. The van der Waals surface area contributed by atoms with Crippen LogP contribution in [-0.2, 0) is 10.8 Å². The van der Waals surface area contributed by atoms with Crippen LogP contribution < -0.4 is 15.5 Å². The molecule has 1 aromatic carbocycles. The Kier molecular flexibility index (Phi) is 6.38. The molecule has 128 valence electrons. The van der Waals surface area contributed by atoms with Crippen molar-refractivity contribution in [2.75, 3.05) is 35.3 Å². The number of carbonyl (C=O) groups is 1. The third-order valence-corrected chi connectivity index (χ3v) is 4.74. The first-order valence-electron chi connectivity index (χ1n) is 7.88. The van der Waals surface area contributed by atoms with Gasteiger partial charge in [-0.3, -0.25) is 4.21 Å². The zero-order valence-electron chi connectivity index (χ0n) is 13.6. The Hall–Kier alpha value is -1.63. The predicted molar refractivity (Wildman–Crippen MR) is 93.0 cm³/mol. The molecule has 1 aliphatic heterocycles. The molecular formula is C16H24FN3O2S. The van der Waals surface area contributed by atoms with Gasteiger partial charge in [-0.05, 0) is 44.4 Å². The summed E-state index contributed by atoms with van der Waals surface area (Å²) in [6.07, 6.45) is 4.99. The maximum atomic E-state index is 13.6. The predicted octanol–water partition coefficient (Wildman–Crippen LogP) is 2.70. The number of amides is 2. The van der Waals surface area contributed by atoms with E-state index in [-0.39, 0.29) is 11.9 Å². The molecule has 0 bridgehead atoms. The summed E-state index contributed by atoms with van der Waals surface area (Å²) in [5.74, 6) is -0.000921. The molecule has 1 aromatic rings. The van der Waals surface area contributed by atoms with Gasteiger partial charge in [0.05, 0.1) is 11.4 Å². The summed E-state index contributed by atoms with van der Waals surface area (Å²) < 4.78 is 24.8. The van der Waals surface area contributed by atoms with E-state index >= 15 is 0 Å². The van der Waals surface area contributed by atoms with E-state index < -0.39 is 16.8 Å². The van der Waals surface area contributed by atoms with Crippen LogP contribution in [0.4, 0.5) is 20.6 Å². The van der Waals surface area contributed by atoms with Gasteiger partial charge in [0.25, 0.3) is 0 Å². The van der Waals surface area contributed by atoms with Gasteiger partial charge in [-0.1, -0.05) is 0 Å². The Morgan fingerprint density at radius 1 is 1.35 bits per heavy atom. The number of piperidine rings is 1. The van der Waals surface area contributed by atoms with E-state index in [9.17, 15) is 13.4 Å². The van der Waals surface area contributed by atoms with Crippen LogP contribution in [0.5, 0.6) is 0 Å². The second kappa shape index (κ2) is 8.29. The highest BCUT2D eigenvalue weighted by molar-refractivity contribution is 7.84. The molecule has 1 heterocycles. The molecule has 2 N–H and O–H groups in total. The maximum Gasteiger partial charge on any atom is 0.319 e. The zero-order valence-corrected chi connectivity index (χ0v) is 14.4. The first-order chi connectivity index (χ1) is 11.0. The fourth-order valence-corrected chi connectivity index (χ4v) is 3.58. The molecule has 1 saturated heterocycles. The number of urea groups is 1.